The van der Waals surface area contributed by atoms with E-state index in [0.29, 0.717) is 11.1 Å². The molecule has 2 aromatic rings. The Kier molecular flexibility index (Phi) is 4.84. The van der Waals surface area contributed by atoms with E-state index in [9.17, 15) is 14.5 Å². The van der Waals surface area contributed by atoms with E-state index in [-0.39, 0.29) is 24.5 Å². The first kappa shape index (κ1) is 14.9. The maximum Gasteiger partial charge on any atom is 0.273 e. The van der Waals surface area contributed by atoms with Gasteiger partial charge in [-0.25, -0.2) is 4.39 Å². The molecule has 5 nitrogen and oxygen atoms in total. The molecule has 0 aliphatic carbocycles. The Morgan fingerprint density at radius 2 is 1.81 bits per heavy atom. The van der Waals surface area contributed by atoms with Gasteiger partial charge in [-0.1, -0.05) is 30.3 Å². The van der Waals surface area contributed by atoms with Gasteiger partial charge in [-0.3, -0.25) is 10.1 Å². The van der Waals surface area contributed by atoms with Crippen molar-refractivity contribution < 1.29 is 14.1 Å². The minimum absolute atomic E-state index is 0.0520. The van der Waals surface area contributed by atoms with Crippen LogP contribution in [0.2, 0.25) is 0 Å². The maximum atomic E-state index is 13.9. The number of para-hydroxylation sites is 1. The molecule has 6 heteroatoms. The van der Waals surface area contributed by atoms with Crippen LogP contribution in [0.25, 0.3) is 0 Å². The third kappa shape index (κ3) is 3.55. The highest BCUT2D eigenvalue weighted by Crippen LogP contribution is 2.20. The number of methoxy groups -OCH3 is 1. The standard InChI is InChI=1S/C15H15FN2O3/c1-21-14-8-4-6-12(15(14)16)10-17-9-11-5-2-3-7-13(11)18(19)20/h2-8,17H,9-10H2,1H3. The lowest BCUT2D eigenvalue weighted by atomic mass is 10.1. The fourth-order valence-electron chi connectivity index (χ4n) is 2.02. The van der Waals surface area contributed by atoms with Gasteiger partial charge in [-0.15, -0.1) is 0 Å². The van der Waals surface area contributed by atoms with Crippen LogP contribution in [-0.4, -0.2) is 12.0 Å². The van der Waals surface area contributed by atoms with E-state index in [1.165, 1.54) is 13.2 Å². The molecule has 0 bridgehead atoms. The van der Waals surface area contributed by atoms with Crippen molar-refractivity contribution in [3.05, 3.63) is 69.5 Å². The Labute approximate surface area is 121 Å². The van der Waals surface area contributed by atoms with Gasteiger partial charge in [0, 0.05) is 30.3 Å². The number of nitrogens with zero attached hydrogens (tertiary/aromatic N) is 1. The summed E-state index contributed by atoms with van der Waals surface area (Å²) in [6.45, 7) is 0.545. The molecule has 0 spiro atoms. The van der Waals surface area contributed by atoms with Crippen LogP contribution >= 0.6 is 0 Å². The molecule has 0 saturated heterocycles. The number of halogens is 1. The summed E-state index contributed by atoms with van der Waals surface area (Å²) in [7, 11) is 1.41. The predicted molar refractivity (Wildman–Crippen MR) is 76.6 cm³/mol. The van der Waals surface area contributed by atoms with Crippen LogP contribution in [0.3, 0.4) is 0 Å². The Morgan fingerprint density at radius 1 is 1.14 bits per heavy atom. The number of rotatable bonds is 6. The molecule has 0 amide bonds. The number of hydrogen-bond acceptors (Lipinski definition) is 4. The largest absolute Gasteiger partial charge is 0.494 e. The minimum Gasteiger partial charge on any atom is -0.494 e. The molecule has 0 aliphatic heterocycles. The lowest BCUT2D eigenvalue weighted by molar-refractivity contribution is -0.385. The highest BCUT2D eigenvalue weighted by atomic mass is 19.1. The molecular weight excluding hydrogens is 275 g/mol. The van der Waals surface area contributed by atoms with Gasteiger partial charge in [-0.2, -0.15) is 0 Å². The van der Waals surface area contributed by atoms with E-state index in [4.69, 9.17) is 4.74 Å². The van der Waals surface area contributed by atoms with Crippen molar-refractivity contribution in [2.45, 2.75) is 13.1 Å². The first-order chi connectivity index (χ1) is 10.1. The highest BCUT2D eigenvalue weighted by molar-refractivity contribution is 5.39. The second-order valence-electron chi connectivity index (χ2n) is 4.42. The van der Waals surface area contributed by atoms with E-state index < -0.39 is 10.7 Å². The fraction of sp³-hybridized carbons (Fsp3) is 0.200. The van der Waals surface area contributed by atoms with Gasteiger partial charge < -0.3 is 10.1 Å². The van der Waals surface area contributed by atoms with Crippen LogP contribution in [0, 0.1) is 15.9 Å². The molecule has 1 N–H and O–H groups in total. The first-order valence-corrected chi connectivity index (χ1v) is 6.38. The Morgan fingerprint density at radius 3 is 2.52 bits per heavy atom. The van der Waals surface area contributed by atoms with Crippen molar-refractivity contribution >= 4 is 5.69 Å². The zero-order valence-corrected chi connectivity index (χ0v) is 11.5. The highest BCUT2D eigenvalue weighted by Gasteiger charge is 2.12. The molecule has 21 heavy (non-hydrogen) atoms. The summed E-state index contributed by atoms with van der Waals surface area (Å²) in [5.74, 6) is -0.241. The minimum atomic E-state index is -0.427. The monoisotopic (exact) mass is 290 g/mol. The summed E-state index contributed by atoms with van der Waals surface area (Å²) in [5, 5.41) is 13.9. The van der Waals surface area contributed by atoms with E-state index >= 15 is 0 Å². The van der Waals surface area contributed by atoms with Crippen LogP contribution in [0.1, 0.15) is 11.1 Å². The SMILES string of the molecule is COc1cccc(CNCc2ccccc2[N+](=O)[O-])c1F. The van der Waals surface area contributed by atoms with Crippen LogP contribution in [-0.2, 0) is 13.1 Å². The van der Waals surface area contributed by atoms with E-state index in [2.05, 4.69) is 5.32 Å². The number of ether oxygens (including phenoxy) is 1. The molecule has 0 aromatic heterocycles. The molecule has 0 atom stereocenters. The predicted octanol–water partition coefficient (Wildman–Crippen LogP) is 3.03. The number of nitro benzene ring substituents is 1. The number of hydrogen-bond donors (Lipinski definition) is 1. The van der Waals surface area contributed by atoms with Gasteiger partial charge in [-0.05, 0) is 6.07 Å². The molecule has 2 aromatic carbocycles. The number of nitro groups is 1. The summed E-state index contributed by atoms with van der Waals surface area (Å²) in [4.78, 5) is 10.5. The molecular formula is C15H15FN2O3. The third-order valence-electron chi connectivity index (χ3n) is 3.08. The average Bonchev–Trinajstić information content (AvgIpc) is 2.49. The maximum absolute atomic E-state index is 13.9. The van der Waals surface area contributed by atoms with Crippen LogP contribution in [0.15, 0.2) is 42.5 Å². The van der Waals surface area contributed by atoms with E-state index in [1.807, 2.05) is 0 Å². The van der Waals surface area contributed by atoms with Crippen molar-refractivity contribution in [3.63, 3.8) is 0 Å². The van der Waals surface area contributed by atoms with E-state index in [1.54, 1.807) is 36.4 Å². The summed E-state index contributed by atoms with van der Waals surface area (Å²) in [6, 6.07) is 11.4. The summed E-state index contributed by atoms with van der Waals surface area (Å²) in [5.41, 5.74) is 1.06. The van der Waals surface area contributed by atoms with Crippen molar-refractivity contribution in [2.24, 2.45) is 0 Å². The van der Waals surface area contributed by atoms with Crippen molar-refractivity contribution in [2.75, 3.05) is 7.11 Å². The average molecular weight is 290 g/mol. The molecule has 0 unspecified atom stereocenters. The smallest absolute Gasteiger partial charge is 0.273 e. The quantitative estimate of drug-likeness (QED) is 0.656. The van der Waals surface area contributed by atoms with Crippen LogP contribution in [0.5, 0.6) is 5.75 Å². The van der Waals surface area contributed by atoms with Gasteiger partial charge in [0.2, 0.25) is 0 Å². The van der Waals surface area contributed by atoms with Crippen LogP contribution < -0.4 is 10.1 Å². The lowest BCUT2D eigenvalue weighted by Crippen LogP contribution is -2.15. The second-order valence-corrected chi connectivity index (χ2v) is 4.42. The van der Waals surface area contributed by atoms with Gasteiger partial charge in [0.15, 0.2) is 11.6 Å². The third-order valence-corrected chi connectivity index (χ3v) is 3.08. The molecule has 0 radical (unpaired) electrons. The van der Waals surface area contributed by atoms with Crippen molar-refractivity contribution in [3.8, 4) is 5.75 Å². The zero-order valence-electron chi connectivity index (χ0n) is 11.5. The number of benzene rings is 2. The molecule has 0 fully saturated rings. The van der Waals surface area contributed by atoms with Crippen LogP contribution in [0.4, 0.5) is 10.1 Å². The number of nitrogens with one attached hydrogen (secondary N) is 1. The van der Waals surface area contributed by atoms with Gasteiger partial charge in [0.1, 0.15) is 0 Å². The van der Waals surface area contributed by atoms with Gasteiger partial charge in [0.05, 0.1) is 12.0 Å². The fourth-order valence-corrected chi connectivity index (χ4v) is 2.02. The van der Waals surface area contributed by atoms with Gasteiger partial charge >= 0.3 is 0 Å². The second kappa shape index (κ2) is 6.81. The Hall–Kier alpha value is -2.47. The Balaban J connectivity index is 2.04. The van der Waals surface area contributed by atoms with Crippen molar-refractivity contribution in [1.29, 1.82) is 0 Å². The molecule has 0 aliphatic rings. The molecule has 2 rings (SSSR count). The molecule has 0 heterocycles. The normalized spacial score (nSPS) is 10.4. The summed E-state index contributed by atoms with van der Waals surface area (Å²) < 4.78 is 18.8. The first-order valence-electron chi connectivity index (χ1n) is 6.38. The molecule has 110 valence electrons. The topological polar surface area (TPSA) is 64.4 Å². The zero-order chi connectivity index (χ0) is 15.2. The summed E-state index contributed by atoms with van der Waals surface area (Å²) in [6.07, 6.45) is 0. The van der Waals surface area contributed by atoms with Gasteiger partial charge in [0.25, 0.3) is 5.69 Å². The van der Waals surface area contributed by atoms with E-state index in [0.717, 1.165) is 0 Å². The summed E-state index contributed by atoms with van der Waals surface area (Å²) >= 11 is 0. The Bertz CT molecular complexity index is 647. The van der Waals surface area contributed by atoms with Crippen molar-refractivity contribution in [1.82, 2.24) is 5.32 Å². The molecule has 0 saturated carbocycles. The lowest BCUT2D eigenvalue weighted by Gasteiger charge is -2.09.